The summed E-state index contributed by atoms with van der Waals surface area (Å²) in [5.41, 5.74) is 0.985. The summed E-state index contributed by atoms with van der Waals surface area (Å²) in [7, 11) is 0. The Kier molecular flexibility index (Phi) is 6.49. The second-order valence-electron chi connectivity index (χ2n) is 2.13. The molecule has 1 unspecified atom stereocenters. The maximum absolute atomic E-state index is 9.00. The quantitative estimate of drug-likeness (QED) is 0.678. The molecule has 1 atom stereocenters. The topological polar surface area (TPSA) is 40.1 Å². The summed E-state index contributed by atoms with van der Waals surface area (Å²) in [6.07, 6.45) is 2.82. The fourth-order valence-electron chi connectivity index (χ4n) is 0.641. The highest BCUT2D eigenvalue weighted by Crippen LogP contribution is 2.14. The largest absolute Gasteiger partial charge is 0.773 e. The maximum Gasteiger partial charge on any atom is 0.0478 e. The Hall–Kier alpha value is -0.640. The van der Waals surface area contributed by atoms with Crippen LogP contribution < -0.4 is 0 Å². The van der Waals surface area contributed by atoms with E-state index in [1.54, 1.807) is 6.08 Å². The van der Waals surface area contributed by atoms with Crippen molar-refractivity contribution in [2.75, 3.05) is 6.26 Å². The molecule has 0 fully saturated rings. The van der Waals surface area contributed by atoms with Gasteiger partial charge >= 0.3 is 0 Å². The predicted molar refractivity (Wildman–Crippen MR) is 56.4 cm³/mol. The van der Waals surface area contributed by atoms with Gasteiger partial charge in [-0.1, -0.05) is 53.5 Å². The van der Waals surface area contributed by atoms with E-state index in [0.29, 0.717) is 0 Å². The van der Waals surface area contributed by atoms with Crippen molar-refractivity contribution in [2.24, 2.45) is 0 Å². The zero-order valence-corrected chi connectivity index (χ0v) is 8.77. The monoisotopic (exact) mass is 217 g/mol. The first-order valence-electron chi connectivity index (χ1n) is 3.45. The molecule has 0 radical (unpaired) electrons. The van der Waals surface area contributed by atoms with Gasteiger partial charge in [-0.25, -0.2) is 0 Å². The lowest BCUT2D eigenvalue weighted by molar-refractivity contribution is 0.543. The Balaban J connectivity index is 0.000000310. The van der Waals surface area contributed by atoms with Gasteiger partial charge in [-0.15, -0.1) is 0 Å². The maximum atomic E-state index is 9.00. The summed E-state index contributed by atoms with van der Waals surface area (Å²) in [5, 5.41) is 0.757. The van der Waals surface area contributed by atoms with E-state index >= 15 is 0 Å². The van der Waals surface area contributed by atoms with Crippen LogP contribution in [0.25, 0.3) is 6.08 Å². The molecule has 2 nitrogen and oxygen atoms in total. The van der Waals surface area contributed by atoms with E-state index in [9.17, 15) is 0 Å². The molecule has 0 bridgehead atoms. The number of hydrogen-bond donors (Lipinski definition) is 0. The molecule has 0 aromatic heterocycles. The molecule has 0 amide bonds. The molecular formula is C9H10ClO2S-. The predicted octanol–water partition coefficient (Wildman–Crippen LogP) is 2.48. The highest BCUT2D eigenvalue weighted by Gasteiger charge is 1.89. The van der Waals surface area contributed by atoms with Crippen molar-refractivity contribution in [1.82, 2.24) is 0 Å². The van der Waals surface area contributed by atoms with Gasteiger partial charge in [-0.05, 0) is 17.9 Å². The van der Waals surface area contributed by atoms with Crippen LogP contribution in [0.1, 0.15) is 5.56 Å². The van der Waals surface area contributed by atoms with Gasteiger partial charge in [-0.2, -0.15) is 0 Å². The van der Waals surface area contributed by atoms with Crippen molar-refractivity contribution in [2.45, 2.75) is 0 Å². The van der Waals surface area contributed by atoms with E-state index in [4.69, 9.17) is 20.4 Å². The fraction of sp³-hybridized carbons (Fsp3) is 0.111. The van der Waals surface area contributed by atoms with Gasteiger partial charge in [0, 0.05) is 5.02 Å². The summed E-state index contributed by atoms with van der Waals surface area (Å²) < 4.78 is 18.0. The van der Waals surface area contributed by atoms with Crippen molar-refractivity contribution in [3.8, 4) is 0 Å². The lowest BCUT2D eigenvalue weighted by Gasteiger charge is -1.92. The molecule has 0 spiro atoms. The van der Waals surface area contributed by atoms with E-state index in [0.717, 1.165) is 16.8 Å². The van der Waals surface area contributed by atoms with Gasteiger partial charge in [-0.3, -0.25) is 4.21 Å². The highest BCUT2D eigenvalue weighted by atomic mass is 35.5. The molecule has 13 heavy (non-hydrogen) atoms. The van der Waals surface area contributed by atoms with Crippen molar-refractivity contribution in [1.29, 1.82) is 0 Å². The third kappa shape index (κ3) is 6.51. The van der Waals surface area contributed by atoms with Crippen LogP contribution in [0, 0.1) is 0 Å². The summed E-state index contributed by atoms with van der Waals surface area (Å²) >= 11 is 3.89. The Morgan fingerprint density at radius 1 is 1.54 bits per heavy atom. The van der Waals surface area contributed by atoms with Crippen LogP contribution in [0.5, 0.6) is 0 Å². The molecule has 72 valence electrons. The average molecular weight is 218 g/mol. The summed E-state index contributed by atoms with van der Waals surface area (Å²) in [6.45, 7) is 3.61. The lowest BCUT2D eigenvalue weighted by atomic mass is 10.2. The third-order valence-corrected chi connectivity index (χ3v) is 1.47. The fourth-order valence-corrected chi connectivity index (χ4v) is 0.854. The summed E-state index contributed by atoms with van der Waals surface area (Å²) in [6, 6.07) is 7.60. The molecule has 1 aromatic carbocycles. The van der Waals surface area contributed by atoms with E-state index in [-0.39, 0.29) is 0 Å². The molecule has 0 aliphatic carbocycles. The first kappa shape index (κ1) is 12.4. The van der Waals surface area contributed by atoms with Crippen LogP contribution in [0.15, 0.2) is 30.8 Å². The standard InChI is InChI=1S/C8H7Cl.CH4O2S/c1-2-7-5-3-4-6-8(7)9;1-4(2)3/h2-6H,1H2;1H3,(H,2,3)/p-1. The van der Waals surface area contributed by atoms with Crippen LogP contribution in [0.3, 0.4) is 0 Å². The zero-order chi connectivity index (χ0) is 10.3. The Morgan fingerprint density at radius 3 is 2.31 bits per heavy atom. The smallest absolute Gasteiger partial charge is 0.0478 e. The minimum Gasteiger partial charge on any atom is -0.773 e. The van der Waals surface area contributed by atoms with Crippen LogP contribution in [-0.4, -0.2) is 15.0 Å². The van der Waals surface area contributed by atoms with Crippen LogP contribution in [0.2, 0.25) is 5.02 Å². The Bertz CT molecular complexity index is 295. The first-order valence-corrected chi connectivity index (χ1v) is 5.32. The molecule has 1 rings (SSSR count). The molecular weight excluding hydrogens is 208 g/mol. The summed E-state index contributed by atoms with van der Waals surface area (Å²) in [5.74, 6) is 0. The van der Waals surface area contributed by atoms with E-state index < -0.39 is 11.1 Å². The zero-order valence-electron chi connectivity index (χ0n) is 7.20. The molecule has 4 heteroatoms. The van der Waals surface area contributed by atoms with Crippen molar-refractivity contribution < 1.29 is 8.76 Å². The molecule has 0 heterocycles. The number of halogens is 1. The van der Waals surface area contributed by atoms with E-state index in [1.807, 2.05) is 24.3 Å². The second-order valence-corrected chi connectivity index (χ2v) is 3.34. The SMILES string of the molecule is C=Cc1ccccc1Cl.CS(=O)[O-]. The van der Waals surface area contributed by atoms with Gasteiger partial charge in [0.2, 0.25) is 0 Å². The molecule has 0 saturated carbocycles. The van der Waals surface area contributed by atoms with Crippen molar-refractivity contribution in [3.63, 3.8) is 0 Å². The van der Waals surface area contributed by atoms with E-state index in [2.05, 4.69) is 6.58 Å². The minimum atomic E-state index is -1.86. The molecule has 0 N–H and O–H groups in total. The van der Waals surface area contributed by atoms with Crippen molar-refractivity contribution >= 4 is 28.8 Å². The molecule has 0 aliphatic heterocycles. The van der Waals surface area contributed by atoms with Crippen LogP contribution >= 0.6 is 11.6 Å². The summed E-state index contributed by atoms with van der Waals surface area (Å²) in [4.78, 5) is 0. The minimum absolute atomic E-state index is 0.757. The normalized spacial score (nSPS) is 11.0. The number of rotatable bonds is 1. The Morgan fingerprint density at radius 2 is 2.00 bits per heavy atom. The third-order valence-electron chi connectivity index (χ3n) is 1.13. The second kappa shape index (κ2) is 6.83. The van der Waals surface area contributed by atoms with Gasteiger partial charge < -0.3 is 4.55 Å². The van der Waals surface area contributed by atoms with Crippen LogP contribution in [-0.2, 0) is 11.1 Å². The van der Waals surface area contributed by atoms with Gasteiger partial charge in [0.1, 0.15) is 0 Å². The van der Waals surface area contributed by atoms with Crippen LogP contribution in [0.4, 0.5) is 0 Å². The highest BCUT2D eigenvalue weighted by molar-refractivity contribution is 7.78. The van der Waals surface area contributed by atoms with Gasteiger partial charge in [0.05, 0.1) is 0 Å². The van der Waals surface area contributed by atoms with Gasteiger partial charge in [0.25, 0.3) is 0 Å². The average Bonchev–Trinajstić information content (AvgIpc) is 2.04. The molecule has 1 aromatic rings. The Labute approximate surface area is 85.5 Å². The number of hydrogen-bond acceptors (Lipinski definition) is 2. The number of benzene rings is 1. The first-order chi connectivity index (χ1) is 6.07. The van der Waals surface area contributed by atoms with E-state index in [1.165, 1.54) is 0 Å². The lowest BCUT2D eigenvalue weighted by Crippen LogP contribution is -1.73. The van der Waals surface area contributed by atoms with Crippen molar-refractivity contribution in [3.05, 3.63) is 41.4 Å². The molecule has 0 aliphatic rings. The molecule has 0 saturated heterocycles. The van der Waals surface area contributed by atoms with Gasteiger partial charge in [0.15, 0.2) is 0 Å².